The van der Waals surface area contributed by atoms with Crippen LogP contribution in [0.15, 0.2) is 27.8 Å². The third kappa shape index (κ3) is 3.04. The second-order valence-corrected chi connectivity index (χ2v) is 7.71. The normalized spacial score (nSPS) is 11.2. The lowest BCUT2D eigenvalue weighted by atomic mass is 10.2. The van der Waals surface area contributed by atoms with E-state index >= 15 is 0 Å². The van der Waals surface area contributed by atoms with Gasteiger partial charge in [0.15, 0.2) is 0 Å². The number of hydrogen-bond acceptors (Lipinski definition) is 6. The van der Waals surface area contributed by atoms with Crippen molar-refractivity contribution in [3.8, 4) is 0 Å². The van der Waals surface area contributed by atoms with Gasteiger partial charge in [0.2, 0.25) is 0 Å². The molecule has 0 aromatic carbocycles. The number of rotatable bonds is 3. The maximum absolute atomic E-state index is 6.08. The first kappa shape index (κ1) is 14.7. The van der Waals surface area contributed by atoms with Crippen LogP contribution in [-0.2, 0) is 5.75 Å². The second kappa shape index (κ2) is 5.90. The Hall–Kier alpha value is -1.18. The average molecular weight is 381 g/mol. The lowest BCUT2D eigenvalue weighted by Gasteiger charge is -2.03. The number of thioether (sulfide) groups is 1. The third-order valence-corrected chi connectivity index (χ3v) is 5.66. The molecule has 0 amide bonds. The van der Waals surface area contributed by atoms with Crippen LogP contribution in [0.1, 0.15) is 16.3 Å². The van der Waals surface area contributed by atoms with Gasteiger partial charge in [0.05, 0.1) is 16.2 Å². The van der Waals surface area contributed by atoms with E-state index in [0.29, 0.717) is 11.6 Å². The van der Waals surface area contributed by atoms with Crippen molar-refractivity contribution in [2.24, 2.45) is 0 Å². The number of anilines is 1. The zero-order valence-corrected chi connectivity index (χ0v) is 14.8. The molecule has 3 heterocycles. The van der Waals surface area contributed by atoms with Gasteiger partial charge in [-0.1, -0.05) is 11.8 Å². The van der Waals surface area contributed by atoms with Crippen molar-refractivity contribution in [1.29, 1.82) is 0 Å². The zero-order chi connectivity index (χ0) is 15.0. The third-order valence-electron chi connectivity index (χ3n) is 3.15. The number of aryl methyl sites for hydroxylation is 2. The summed E-state index contributed by atoms with van der Waals surface area (Å²) in [6, 6.07) is 3.94. The van der Waals surface area contributed by atoms with Gasteiger partial charge in [0.25, 0.3) is 0 Å². The Balaban J connectivity index is 1.86. The smallest absolute Gasteiger partial charge is 0.142 e. The highest BCUT2D eigenvalue weighted by Gasteiger charge is 2.12. The van der Waals surface area contributed by atoms with E-state index in [1.807, 2.05) is 12.1 Å². The summed E-state index contributed by atoms with van der Waals surface area (Å²) >= 11 is 6.65. The Morgan fingerprint density at radius 3 is 2.81 bits per heavy atom. The number of fused-ring (bicyclic) bond motifs is 1. The molecule has 0 aliphatic heterocycles. The Morgan fingerprint density at radius 2 is 2.10 bits per heavy atom. The topological polar surface area (TPSA) is 64.7 Å². The first-order valence-corrected chi connectivity index (χ1v) is 8.90. The summed E-state index contributed by atoms with van der Waals surface area (Å²) in [6.07, 6.45) is 1.78. The minimum absolute atomic E-state index is 0.571. The van der Waals surface area contributed by atoms with Gasteiger partial charge >= 0.3 is 0 Å². The molecule has 0 unspecified atom stereocenters. The summed E-state index contributed by atoms with van der Waals surface area (Å²) < 4.78 is 0.971. The van der Waals surface area contributed by atoms with Gasteiger partial charge in [-0.15, -0.1) is 11.3 Å². The molecule has 0 aliphatic rings. The average Bonchev–Trinajstić information content (AvgIpc) is 2.74. The first-order valence-electron chi connectivity index (χ1n) is 6.31. The number of aromatic nitrogens is 3. The molecular weight excluding hydrogens is 368 g/mol. The molecular formula is C14H13BrN4S2. The van der Waals surface area contributed by atoms with Crippen molar-refractivity contribution in [1.82, 2.24) is 15.0 Å². The van der Waals surface area contributed by atoms with Crippen LogP contribution in [0.5, 0.6) is 0 Å². The molecule has 3 rings (SSSR count). The number of pyridine rings is 1. The predicted molar refractivity (Wildman–Crippen MR) is 92.8 cm³/mol. The van der Waals surface area contributed by atoms with Crippen molar-refractivity contribution in [2.45, 2.75) is 24.6 Å². The largest absolute Gasteiger partial charge is 0.383 e. The molecule has 2 N–H and O–H groups in total. The fourth-order valence-corrected chi connectivity index (χ4v) is 3.97. The summed E-state index contributed by atoms with van der Waals surface area (Å²) in [7, 11) is 0. The van der Waals surface area contributed by atoms with Gasteiger partial charge in [-0.3, -0.25) is 0 Å². The van der Waals surface area contributed by atoms with Crippen LogP contribution >= 0.6 is 39.0 Å². The molecule has 0 atom stereocenters. The summed E-state index contributed by atoms with van der Waals surface area (Å²) in [5, 5.41) is 1.94. The molecule has 0 spiro atoms. The molecule has 0 fully saturated rings. The molecule has 0 saturated heterocycles. The highest BCUT2D eigenvalue weighted by Crippen LogP contribution is 2.32. The van der Waals surface area contributed by atoms with E-state index in [4.69, 9.17) is 5.73 Å². The van der Waals surface area contributed by atoms with Crippen molar-refractivity contribution < 1.29 is 0 Å². The van der Waals surface area contributed by atoms with Crippen molar-refractivity contribution in [2.75, 3.05) is 5.73 Å². The monoisotopic (exact) mass is 380 g/mol. The van der Waals surface area contributed by atoms with E-state index in [2.05, 4.69) is 44.7 Å². The standard InChI is InChI=1S/C14H13BrN4S2/c1-7-8(2)21-14-12(7)13(16)18-10(19-14)6-20-11-4-3-9(15)5-17-11/h3-5H,6H2,1-2H3,(H2,16,18,19). The van der Waals surface area contributed by atoms with Gasteiger partial charge in [0.1, 0.15) is 16.5 Å². The molecule has 0 aliphatic carbocycles. The van der Waals surface area contributed by atoms with E-state index in [9.17, 15) is 0 Å². The maximum atomic E-state index is 6.08. The minimum Gasteiger partial charge on any atom is -0.383 e. The van der Waals surface area contributed by atoms with Gasteiger partial charge in [-0.25, -0.2) is 15.0 Å². The number of nitrogens with two attached hydrogens (primary N) is 1. The van der Waals surface area contributed by atoms with Crippen molar-refractivity contribution in [3.05, 3.63) is 39.1 Å². The van der Waals surface area contributed by atoms with E-state index in [0.717, 1.165) is 25.5 Å². The van der Waals surface area contributed by atoms with Crippen LogP contribution in [-0.4, -0.2) is 15.0 Å². The Labute approximate surface area is 139 Å². The Bertz CT molecular complexity index is 799. The number of thiophene rings is 1. The number of hydrogen-bond donors (Lipinski definition) is 1. The molecule has 0 radical (unpaired) electrons. The summed E-state index contributed by atoms with van der Waals surface area (Å²) in [4.78, 5) is 15.6. The van der Waals surface area contributed by atoms with E-state index in [1.54, 1.807) is 29.3 Å². The summed E-state index contributed by atoms with van der Waals surface area (Å²) in [5.41, 5.74) is 7.27. The SMILES string of the molecule is Cc1sc2nc(CSc3ccc(Br)cn3)nc(N)c2c1C. The fourth-order valence-electron chi connectivity index (χ4n) is 1.98. The number of nitrogen functional groups attached to an aromatic ring is 1. The van der Waals surface area contributed by atoms with E-state index in [-0.39, 0.29) is 0 Å². The van der Waals surface area contributed by atoms with Crippen molar-refractivity contribution in [3.63, 3.8) is 0 Å². The van der Waals surface area contributed by atoms with Gasteiger partial charge in [-0.2, -0.15) is 0 Å². The van der Waals surface area contributed by atoms with Gasteiger partial charge < -0.3 is 5.73 Å². The van der Waals surface area contributed by atoms with Gasteiger partial charge in [-0.05, 0) is 47.5 Å². The van der Waals surface area contributed by atoms with Gasteiger partial charge in [0, 0.05) is 15.5 Å². The van der Waals surface area contributed by atoms with Crippen LogP contribution in [0.4, 0.5) is 5.82 Å². The van der Waals surface area contributed by atoms with Crippen LogP contribution in [0.3, 0.4) is 0 Å². The predicted octanol–water partition coefficient (Wildman–Crippen LogP) is 4.34. The van der Waals surface area contributed by atoms with Crippen LogP contribution in [0, 0.1) is 13.8 Å². The molecule has 0 bridgehead atoms. The lowest BCUT2D eigenvalue weighted by molar-refractivity contribution is 1.07. The Morgan fingerprint density at radius 1 is 1.29 bits per heavy atom. The van der Waals surface area contributed by atoms with Crippen molar-refractivity contribution >= 4 is 55.1 Å². The highest BCUT2D eigenvalue weighted by atomic mass is 79.9. The highest BCUT2D eigenvalue weighted by molar-refractivity contribution is 9.10. The fraction of sp³-hybridized carbons (Fsp3) is 0.214. The number of nitrogens with zero attached hydrogens (tertiary/aromatic N) is 3. The molecule has 0 saturated carbocycles. The van der Waals surface area contributed by atoms with E-state index in [1.165, 1.54) is 10.4 Å². The minimum atomic E-state index is 0.571. The van der Waals surface area contributed by atoms with Crippen LogP contribution in [0.2, 0.25) is 0 Å². The van der Waals surface area contributed by atoms with Crippen LogP contribution < -0.4 is 5.73 Å². The lowest BCUT2D eigenvalue weighted by Crippen LogP contribution is -1.99. The molecule has 3 aromatic heterocycles. The Kier molecular flexibility index (Phi) is 4.14. The summed E-state index contributed by atoms with van der Waals surface area (Å²) in [5.74, 6) is 1.97. The first-order chi connectivity index (χ1) is 10.0. The molecule has 3 aromatic rings. The van der Waals surface area contributed by atoms with Crippen LogP contribution in [0.25, 0.3) is 10.2 Å². The summed E-state index contributed by atoms with van der Waals surface area (Å²) in [6.45, 7) is 4.15. The zero-order valence-electron chi connectivity index (χ0n) is 11.6. The molecule has 4 nitrogen and oxygen atoms in total. The number of halogens is 1. The quantitative estimate of drug-likeness (QED) is 0.684. The molecule has 108 valence electrons. The molecule has 21 heavy (non-hydrogen) atoms. The molecule has 7 heteroatoms. The van der Waals surface area contributed by atoms with E-state index < -0.39 is 0 Å². The second-order valence-electron chi connectivity index (χ2n) is 4.59. The maximum Gasteiger partial charge on any atom is 0.142 e.